The first-order chi connectivity index (χ1) is 10.3. The van der Waals surface area contributed by atoms with Crippen molar-refractivity contribution >= 4 is 21.5 Å². The van der Waals surface area contributed by atoms with E-state index in [4.69, 9.17) is 0 Å². The molecule has 1 saturated heterocycles. The number of likely N-dealkylation sites (tertiary alicyclic amines) is 1. The summed E-state index contributed by atoms with van der Waals surface area (Å²) < 4.78 is 28.4. The summed E-state index contributed by atoms with van der Waals surface area (Å²) in [6.07, 6.45) is 3.06. The highest BCUT2D eigenvalue weighted by molar-refractivity contribution is 7.90. The summed E-state index contributed by atoms with van der Waals surface area (Å²) in [5, 5.41) is 10.9. The van der Waals surface area contributed by atoms with E-state index in [9.17, 15) is 18.5 Å². The summed E-state index contributed by atoms with van der Waals surface area (Å²) in [7, 11) is -3.87. The molecule has 3 rings (SSSR count). The minimum atomic E-state index is -3.87. The van der Waals surface area contributed by atoms with E-state index in [-0.39, 0.29) is 22.7 Å². The number of benzene rings is 1. The summed E-state index contributed by atoms with van der Waals surface area (Å²) in [6.45, 7) is 4.10. The van der Waals surface area contributed by atoms with Gasteiger partial charge in [0.15, 0.2) is 5.84 Å². The standard InChI is InChI=1S/C14H17N3O4S/c1-9-4-3-5-10(2)16(9)14-12-7-6-11(17(18)19)8-13(12)22(20,21)15-14/h6-10H,3-5H2,1-2H3/t9-,10-/m1/s1. The lowest BCUT2D eigenvalue weighted by molar-refractivity contribution is -0.385. The summed E-state index contributed by atoms with van der Waals surface area (Å²) in [6, 6.07) is 4.30. The molecule has 0 N–H and O–H groups in total. The molecule has 0 aromatic heterocycles. The van der Waals surface area contributed by atoms with Crippen LogP contribution in [0.25, 0.3) is 0 Å². The van der Waals surface area contributed by atoms with E-state index in [1.54, 1.807) is 0 Å². The van der Waals surface area contributed by atoms with Gasteiger partial charge in [-0.15, -0.1) is 4.40 Å². The molecule has 1 fully saturated rings. The van der Waals surface area contributed by atoms with Crippen molar-refractivity contribution < 1.29 is 13.3 Å². The molecule has 1 aromatic carbocycles. The molecule has 2 aliphatic rings. The van der Waals surface area contributed by atoms with Gasteiger partial charge in [-0.3, -0.25) is 10.1 Å². The number of hydrogen-bond acceptors (Lipinski definition) is 5. The number of fused-ring (bicyclic) bond motifs is 1. The van der Waals surface area contributed by atoms with Crippen molar-refractivity contribution in [3.8, 4) is 0 Å². The molecule has 0 spiro atoms. The lowest BCUT2D eigenvalue weighted by Crippen LogP contribution is -2.47. The van der Waals surface area contributed by atoms with E-state index >= 15 is 0 Å². The third kappa shape index (κ3) is 2.27. The number of amidine groups is 1. The van der Waals surface area contributed by atoms with Crippen LogP contribution in [0.2, 0.25) is 0 Å². The van der Waals surface area contributed by atoms with Crippen LogP contribution in [0.4, 0.5) is 5.69 Å². The van der Waals surface area contributed by atoms with Crippen LogP contribution in [0.3, 0.4) is 0 Å². The Balaban J connectivity index is 2.12. The molecule has 2 atom stereocenters. The van der Waals surface area contributed by atoms with E-state index in [0.29, 0.717) is 11.4 Å². The first kappa shape index (κ1) is 15.0. The zero-order valence-electron chi connectivity index (χ0n) is 12.4. The molecule has 1 aromatic rings. The second-order valence-electron chi connectivity index (χ2n) is 5.86. The van der Waals surface area contributed by atoms with Gasteiger partial charge >= 0.3 is 0 Å². The Hall–Kier alpha value is -1.96. The van der Waals surface area contributed by atoms with Crippen molar-refractivity contribution in [3.63, 3.8) is 0 Å². The number of nitro benzene ring substituents is 1. The molecule has 118 valence electrons. The zero-order chi connectivity index (χ0) is 16.1. The molecule has 0 amide bonds. The maximum absolute atomic E-state index is 12.3. The SMILES string of the molecule is C[C@@H]1CCC[C@@H](C)N1C1=NS(=O)(=O)c2cc([N+](=O)[O-])ccc21. The van der Waals surface area contributed by atoms with Gasteiger partial charge in [0.25, 0.3) is 15.7 Å². The zero-order valence-corrected chi connectivity index (χ0v) is 13.2. The quantitative estimate of drug-likeness (QED) is 0.584. The number of rotatable bonds is 1. The lowest BCUT2D eigenvalue weighted by atomic mass is 9.96. The fourth-order valence-electron chi connectivity index (χ4n) is 3.26. The first-order valence-electron chi connectivity index (χ1n) is 7.23. The average Bonchev–Trinajstić information content (AvgIpc) is 2.70. The van der Waals surface area contributed by atoms with Gasteiger partial charge in [-0.05, 0) is 39.2 Å². The van der Waals surface area contributed by atoms with Crippen LogP contribution in [0, 0.1) is 10.1 Å². The highest BCUT2D eigenvalue weighted by atomic mass is 32.2. The summed E-state index contributed by atoms with van der Waals surface area (Å²) in [5.41, 5.74) is 0.227. The molecule has 2 heterocycles. The normalized spacial score (nSPS) is 26.5. The minimum Gasteiger partial charge on any atom is -0.350 e. The van der Waals surface area contributed by atoms with Crippen molar-refractivity contribution in [2.75, 3.05) is 0 Å². The number of piperidine rings is 1. The van der Waals surface area contributed by atoms with Gasteiger partial charge in [0, 0.05) is 29.8 Å². The smallest absolute Gasteiger partial charge is 0.285 e. The molecule has 2 aliphatic heterocycles. The van der Waals surface area contributed by atoms with Crippen LogP contribution < -0.4 is 0 Å². The molecule has 22 heavy (non-hydrogen) atoms. The predicted octanol–water partition coefficient (Wildman–Crippen LogP) is 2.31. The van der Waals surface area contributed by atoms with Gasteiger partial charge in [-0.1, -0.05) is 0 Å². The fraction of sp³-hybridized carbons (Fsp3) is 0.500. The fourth-order valence-corrected chi connectivity index (χ4v) is 4.49. The van der Waals surface area contributed by atoms with Gasteiger partial charge in [0.2, 0.25) is 0 Å². The Morgan fingerprint density at radius 3 is 2.50 bits per heavy atom. The Morgan fingerprint density at radius 1 is 1.27 bits per heavy atom. The maximum Gasteiger partial charge on any atom is 0.285 e. The molecule has 0 radical (unpaired) electrons. The Labute approximate surface area is 128 Å². The predicted molar refractivity (Wildman–Crippen MR) is 81.4 cm³/mol. The van der Waals surface area contributed by atoms with Gasteiger partial charge in [0.05, 0.1) is 4.92 Å². The molecule has 7 nitrogen and oxygen atoms in total. The second-order valence-corrected chi connectivity index (χ2v) is 7.44. The number of hydrogen-bond donors (Lipinski definition) is 0. The van der Waals surface area contributed by atoms with Crippen LogP contribution in [0.1, 0.15) is 38.7 Å². The second kappa shape index (κ2) is 5.05. The van der Waals surface area contributed by atoms with Gasteiger partial charge in [-0.2, -0.15) is 8.42 Å². The molecule has 0 unspecified atom stereocenters. The highest BCUT2D eigenvalue weighted by Crippen LogP contribution is 2.34. The van der Waals surface area contributed by atoms with Crippen LogP contribution in [0.5, 0.6) is 0 Å². The van der Waals surface area contributed by atoms with Crippen molar-refractivity contribution in [1.29, 1.82) is 0 Å². The van der Waals surface area contributed by atoms with Crippen molar-refractivity contribution in [2.24, 2.45) is 4.40 Å². The number of non-ortho nitro benzene ring substituents is 1. The minimum absolute atomic E-state index is 0.0679. The topological polar surface area (TPSA) is 92.9 Å². The molecule has 0 aliphatic carbocycles. The van der Waals surface area contributed by atoms with Crippen molar-refractivity contribution in [1.82, 2.24) is 4.90 Å². The molecule has 8 heteroatoms. The van der Waals surface area contributed by atoms with E-state index in [1.165, 1.54) is 12.1 Å². The molecular formula is C14H17N3O4S. The summed E-state index contributed by atoms with van der Waals surface area (Å²) in [5.74, 6) is 0.421. The van der Waals surface area contributed by atoms with E-state index in [1.807, 2.05) is 18.7 Å². The van der Waals surface area contributed by atoms with E-state index in [2.05, 4.69) is 4.40 Å². The molecular weight excluding hydrogens is 306 g/mol. The number of nitro groups is 1. The van der Waals surface area contributed by atoms with Crippen molar-refractivity contribution in [2.45, 2.75) is 50.1 Å². The van der Waals surface area contributed by atoms with Gasteiger partial charge in [-0.25, -0.2) is 0 Å². The molecule has 0 bridgehead atoms. The van der Waals surface area contributed by atoms with Gasteiger partial charge in [0.1, 0.15) is 4.90 Å². The van der Waals surface area contributed by atoms with Crippen molar-refractivity contribution in [3.05, 3.63) is 33.9 Å². The van der Waals surface area contributed by atoms with Crippen LogP contribution in [0.15, 0.2) is 27.5 Å². The van der Waals surface area contributed by atoms with E-state index < -0.39 is 14.9 Å². The van der Waals surface area contributed by atoms with Gasteiger partial charge < -0.3 is 4.90 Å². The van der Waals surface area contributed by atoms with Crippen LogP contribution >= 0.6 is 0 Å². The average molecular weight is 323 g/mol. The number of nitrogens with zero attached hydrogens (tertiary/aromatic N) is 3. The van der Waals surface area contributed by atoms with Crippen LogP contribution in [-0.2, 0) is 10.0 Å². The summed E-state index contributed by atoms with van der Waals surface area (Å²) in [4.78, 5) is 12.2. The number of sulfonamides is 1. The highest BCUT2D eigenvalue weighted by Gasteiger charge is 2.37. The first-order valence-corrected chi connectivity index (χ1v) is 8.67. The lowest BCUT2D eigenvalue weighted by Gasteiger charge is -2.40. The third-order valence-corrected chi connectivity index (χ3v) is 5.65. The Morgan fingerprint density at radius 2 is 1.91 bits per heavy atom. The maximum atomic E-state index is 12.3. The Kier molecular flexibility index (Phi) is 3.43. The monoisotopic (exact) mass is 323 g/mol. The van der Waals surface area contributed by atoms with Crippen LogP contribution in [-0.4, -0.2) is 36.2 Å². The summed E-state index contributed by atoms with van der Waals surface area (Å²) >= 11 is 0. The third-order valence-electron chi connectivity index (χ3n) is 4.34. The largest absolute Gasteiger partial charge is 0.350 e. The molecule has 0 saturated carbocycles. The van der Waals surface area contributed by atoms with E-state index in [0.717, 1.165) is 25.3 Å². The Bertz CT molecular complexity index is 762.